The lowest BCUT2D eigenvalue weighted by Gasteiger charge is -2.09. The third kappa shape index (κ3) is 2.67. The molecule has 0 saturated carbocycles. The molecule has 100 valence electrons. The van der Waals surface area contributed by atoms with E-state index in [2.05, 4.69) is 5.10 Å². The summed E-state index contributed by atoms with van der Waals surface area (Å²) in [5, 5.41) is 4.11. The van der Waals surface area contributed by atoms with Gasteiger partial charge >= 0.3 is 0 Å². The van der Waals surface area contributed by atoms with Crippen LogP contribution in [0.1, 0.15) is 35.0 Å². The summed E-state index contributed by atoms with van der Waals surface area (Å²) in [6.45, 7) is 4.53. The second-order valence-electron chi connectivity index (χ2n) is 4.44. The Morgan fingerprint density at radius 2 is 2.05 bits per heavy atom. The lowest BCUT2D eigenvalue weighted by atomic mass is 10.0. The smallest absolute Gasteiger partial charge is 0.200 e. The van der Waals surface area contributed by atoms with Gasteiger partial charge in [0, 0.05) is 12.7 Å². The highest BCUT2D eigenvalue weighted by molar-refractivity contribution is 6.11. The van der Waals surface area contributed by atoms with E-state index in [1.165, 1.54) is 0 Å². The van der Waals surface area contributed by atoms with Gasteiger partial charge in [-0.15, -0.1) is 0 Å². The Morgan fingerprint density at radius 3 is 2.68 bits per heavy atom. The van der Waals surface area contributed by atoms with Gasteiger partial charge in [-0.05, 0) is 25.5 Å². The number of aromatic nitrogens is 2. The number of ketones is 1. The first-order valence-corrected chi connectivity index (χ1v) is 6.40. The second-order valence-corrected chi connectivity index (χ2v) is 4.44. The van der Waals surface area contributed by atoms with Crippen LogP contribution in [0.15, 0.2) is 30.5 Å². The number of rotatable bonds is 5. The largest absolute Gasteiger partial charge is 0.493 e. The van der Waals surface area contributed by atoms with E-state index >= 15 is 0 Å². The van der Waals surface area contributed by atoms with Crippen LogP contribution in [-0.4, -0.2) is 22.2 Å². The maximum absolute atomic E-state index is 12.5. The monoisotopic (exact) mass is 258 g/mol. The van der Waals surface area contributed by atoms with Gasteiger partial charge in [-0.25, -0.2) is 0 Å². The van der Waals surface area contributed by atoms with Crippen molar-refractivity contribution in [3.05, 3.63) is 47.3 Å². The number of benzene rings is 1. The predicted molar refractivity (Wildman–Crippen MR) is 73.6 cm³/mol. The van der Waals surface area contributed by atoms with Crippen molar-refractivity contribution in [1.29, 1.82) is 0 Å². The zero-order chi connectivity index (χ0) is 13.8. The van der Waals surface area contributed by atoms with Crippen molar-refractivity contribution < 1.29 is 9.53 Å². The molecule has 0 spiro atoms. The summed E-state index contributed by atoms with van der Waals surface area (Å²) in [7, 11) is 1.83. The van der Waals surface area contributed by atoms with Crippen LogP contribution in [0.5, 0.6) is 5.75 Å². The topological polar surface area (TPSA) is 44.1 Å². The van der Waals surface area contributed by atoms with Gasteiger partial charge < -0.3 is 4.74 Å². The van der Waals surface area contributed by atoms with Crippen molar-refractivity contribution in [2.75, 3.05) is 6.61 Å². The molecule has 4 heteroatoms. The Labute approximate surface area is 113 Å². The van der Waals surface area contributed by atoms with E-state index < -0.39 is 0 Å². The van der Waals surface area contributed by atoms with Crippen LogP contribution in [0, 0.1) is 6.92 Å². The van der Waals surface area contributed by atoms with E-state index in [1.54, 1.807) is 16.9 Å². The lowest BCUT2D eigenvalue weighted by molar-refractivity contribution is 0.103. The second kappa shape index (κ2) is 5.69. The molecule has 0 radical (unpaired) electrons. The molecular formula is C15H18N2O2. The highest BCUT2D eigenvalue weighted by Gasteiger charge is 2.18. The molecule has 0 fully saturated rings. The molecule has 0 amide bonds. The van der Waals surface area contributed by atoms with Gasteiger partial charge in [0.05, 0.1) is 23.9 Å². The molecule has 0 aliphatic rings. The van der Waals surface area contributed by atoms with Crippen LogP contribution in [0.3, 0.4) is 0 Å². The number of carbonyl (C=O) groups is 1. The molecule has 2 rings (SSSR count). The van der Waals surface area contributed by atoms with Crippen molar-refractivity contribution in [3.63, 3.8) is 0 Å². The Bertz CT molecular complexity index is 588. The molecule has 0 unspecified atom stereocenters. The van der Waals surface area contributed by atoms with Crippen molar-refractivity contribution in [3.8, 4) is 5.75 Å². The van der Waals surface area contributed by atoms with E-state index in [-0.39, 0.29) is 5.78 Å². The first-order valence-electron chi connectivity index (χ1n) is 6.40. The number of nitrogens with zero attached hydrogens (tertiary/aromatic N) is 2. The minimum absolute atomic E-state index is 0.0442. The van der Waals surface area contributed by atoms with E-state index in [1.807, 2.05) is 39.1 Å². The SMILES string of the molecule is CCCOc1ccccc1C(=O)c1cnn(C)c1C. The first kappa shape index (κ1) is 13.3. The van der Waals surface area contributed by atoms with Crippen LogP contribution in [-0.2, 0) is 7.05 Å². The number of aryl methyl sites for hydroxylation is 1. The molecule has 1 heterocycles. The predicted octanol–water partition coefficient (Wildman–Crippen LogP) is 2.75. The average molecular weight is 258 g/mol. The van der Waals surface area contributed by atoms with Crippen molar-refractivity contribution >= 4 is 5.78 Å². The first-order chi connectivity index (χ1) is 9.15. The fourth-order valence-corrected chi connectivity index (χ4v) is 1.86. The molecule has 0 aliphatic carbocycles. The third-order valence-corrected chi connectivity index (χ3v) is 3.07. The van der Waals surface area contributed by atoms with Gasteiger partial charge in [0.15, 0.2) is 5.78 Å². The van der Waals surface area contributed by atoms with Crippen molar-refractivity contribution in [2.24, 2.45) is 7.05 Å². The molecule has 0 bridgehead atoms. The van der Waals surface area contributed by atoms with Gasteiger partial charge in [-0.1, -0.05) is 19.1 Å². The summed E-state index contributed by atoms with van der Waals surface area (Å²) >= 11 is 0. The third-order valence-electron chi connectivity index (χ3n) is 3.07. The fraction of sp³-hybridized carbons (Fsp3) is 0.333. The van der Waals surface area contributed by atoms with Gasteiger partial charge in [0.2, 0.25) is 0 Å². The molecule has 2 aromatic rings. The van der Waals surface area contributed by atoms with E-state index in [0.29, 0.717) is 23.5 Å². The molecule has 0 N–H and O–H groups in total. The number of hydrogen-bond donors (Lipinski definition) is 0. The molecule has 19 heavy (non-hydrogen) atoms. The summed E-state index contributed by atoms with van der Waals surface area (Å²) in [5.74, 6) is 0.593. The standard InChI is InChI=1S/C15H18N2O2/c1-4-9-19-14-8-6-5-7-12(14)15(18)13-10-16-17(3)11(13)2/h5-8,10H,4,9H2,1-3H3. The Kier molecular flexibility index (Phi) is 4.00. The summed E-state index contributed by atoms with van der Waals surface area (Å²) in [6, 6.07) is 7.34. The van der Waals surface area contributed by atoms with Gasteiger partial charge in [-0.2, -0.15) is 5.10 Å². The molecule has 0 saturated heterocycles. The van der Waals surface area contributed by atoms with Crippen molar-refractivity contribution in [2.45, 2.75) is 20.3 Å². The molecule has 4 nitrogen and oxygen atoms in total. The molecule has 0 atom stereocenters. The fourth-order valence-electron chi connectivity index (χ4n) is 1.86. The van der Waals surface area contributed by atoms with Crippen LogP contribution >= 0.6 is 0 Å². The minimum Gasteiger partial charge on any atom is -0.493 e. The Morgan fingerprint density at radius 1 is 1.32 bits per heavy atom. The Balaban J connectivity index is 2.36. The molecular weight excluding hydrogens is 240 g/mol. The number of ether oxygens (including phenoxy) is 1. The number of carbonyl (C=O) groups excluding carboxylic acids is 1. The lowest BCUT2D eigenvalue weighted by Crippen LogP contribution is -2.07. The maximum atomic E-state index is 12.5. The highest BCUT2D eigenvalue weighted by atomic mass is 16.5. The van der Waals surface area contributed by atoms with Crippen LogP contribution < -0.4 is 4.74 Å². The summed E-state index contributed by atoms with van der Waals surface area (Å²) < 4.78 is 7.32. The van der Waals surface area contributed by atoms with Crippen LogP contribution in [0.25, 0.3) is 0 Å². The van der Waals surface area contributed by atoms with Gasteiger partial charge in [0.1, 0.15) is 5.75 Å². The van der Waals surface area contributed by atoms with Crippen LogP contribution in [0.2, 0.25) is 0 Å². The Hall–Kier alpha value is -2.10. The molecule has 1 aromatic heterocycles. The zero-order valence-corrected chi connectivity index (χ0v) is 11.5. The maximum Gasteiger partial charge on any atom is 0.200 e. The highest BCUT2D eigenvalue weighted by Crippen LogP contribution is 2.22. The van der Waals surface area contributed by atoms with E-state index in [4.69, 9.17) is 4.74 Å². The average Bonchev–Trinajstić information content (AvgIpc) is 2.76. The van der Waals surface area contributed by atoms with Crippen molar-refractivity contribution in [1.82, 2.24) is 9.78 Å². The van der Waals surface area contributed by atoms with E-state index in [9.17, 15) is 4.79 Å². The van der Waals surface area contributed by atoms with E-state index in [0.717, 1.165) is 12.1 Å². The van der Waals surface area contributed by atoms with Gasteiger partial charge in [0.25, 0.3) is 0 Å². The molecule has 0 aliphatic heterocycles. The zero-order valence-electron chi connectivity index (χ0n) is 11.5. The quantitative estimate of drug-likeness (QED) is 0.774. The number of hydrogen-bond acceptors (Lipinski definition) is 3. The molecule has 1 aromatic carbocycles. The van der Waals surface area contributed by atoms with Gasteiger partial charge in [-0.3, -0.25) is 9.48 Å². The normalized spacial score (nSPS) is 10.5. The summed E-state index contributed by atoms with van der Waals surface area (Å²) in [4.78, 5) is 12.5. The van der Waals surface area contributed by atoms with Crippen LogP contribution in [0.4, 0.5) is 0 Å². The summed E-state index contributed by atoms with van der Waals surface area (Å²) in [6.07, 6.45) is 2.52. The number of para-hydroxylation sites is 1. The summed E-state index contributed by atoms with van der Waals surface area (Å²) in [5.41, 5.74) is 2.07. The minimum atomic E-state index is -0.0442.